The lowest BCUT2D eigenvalue weighted by molar-refractivity contribution is -0.227. The summed E-state index contributed by atoms with van der Waals surface area (Å²) in [6, 6.07) is 9.26. The van der Waals surface area contributed by atoms with Gasteiger partial charge in [0.2, 0.25) is 0 Å². The lowest BCUT2D eigenvalue weighted by Gasteiger charge is -2.70. The molecule has 2 saturated heterocycles. The van der Waals surface area contributed by atoms with Gasteiger partial charge in [0.1, 0.15) is 11.9 Å². The van der Waals surface area contributed by atoms with Gasteiger partial charge < -0.3 is 29.2 Å². The minimum atomic E-state index is -0.728. The van der Waals surface area contributed by atoms with E-state index in [-0.39, 0.29) is 57.9 Å². The van der Waals surface area contributed by atoms with Crippen LogP contribution in [0.15, 0.2) is 47.8 Å². The van der Waals surface area contributed by atoms with Crippen molar-refractivity contribution in [1.29, 1.82) is 0 Å². The fourth-order valence-corrected chi connectivity index (χ4v) is 15.7. The number of hydrogen-bond donors (Lipinski definition) is 3. The maximum atomic E-state index is 15.7. The van der Waals surface area contributed by atoms with Gasteiger partial charge in [-0.15, -0.1) is 0 Å². The largest absolute Gasteiger partial charge is 0.392 e. The van der Waals surface area contributed by atoms with Crippen LogP contribution in [0.4, 0.5) is 0 Å². The molecule has 4 aliphatic carbocycles. The number of ketones is 2. The number of aliphatic hydroxyl groups excluding tert-OH is 2. The SMILES string of the molecule is CCCCCC1C(=O)C(C(C)CC(O)C2OC2(C)C)=C2C(Cn3cc(Cc4cc(C)cc(C5CCOCC5)c4)c4[nH]ccc43)C(O)C3C4(C)CCC(=O)C(C)(C)C4CCC3(C)C21C. The molecule has 3 saturated carbocycles. The molecule has 8 nitrogen and oxygen atoms in total. The third-order valence-electron chi connectivity index (χ3n) is 19.0. The maximum absolute atomic E-state index is 15.7. The first-order valence-corrected chi connectivity index (χ1v) is 25.0. The molecule has 11 atom stereocenters. The second-order valence-electron chi connectivity index (χ2n) is 23.4. The molecule has 3 N–H and O–H groups in total. The van der Waals surface area contributed by atoms with Crippen molar-refractivity contribution in [3.63, 3.8) is 0 Å². The van der Waals surface area contributed by atoms with Gasteiger partial charge in [0.15, 0.2) is 5.78 Å². The number of fused-ring (bicyclic) bond motifs is 6. The molecular weight excluding hydrogens is 785 g/mol. The highest BCUT2D eigenvalue weighted by molar-refractivity contribution is 6.03. The number of rotatable bonds is 13. The van der Waals surface area contributed by atoms with Crippen LogP contribution in [-0.4, -0.2) is 68.5 Å². The van der Waals surface area contributed by atoms with E-state index in [1.54, 1.807) is 0 Å². The first-order chi connectivity index (χ1) is 29.8. The van der Waals surface area contributed by atoms with Crippen LogP contribution in [0.5, 0.6) is 0 Å². The van der Waals surface area contributed by atoms with E-state index in [1.165, 1.54) is 22.3 Å². The number of hydrogen-bond acceptors (Lipinski definition) is 6. The molecule has 6 aliphatic rings. The average molecular weight is 863 g/mol. The molecule has 0 radical (unpaired) electrons. The van der Waals surface area contributed by atoms with Crippen molar-refractivity contribution in [1.82, 2.24) is 9.55 Å². The number of aromatic nitrogens is 2. The number of carbonyl (C=O) groups excluding carboxylic acids is 2. The zero-order valence-electron chi connectivity index (χ0n) is 40.2. The lowest BCUT2D eigenvalue weighted by Crippen LogP contribution is -2.68. The lowest BCUT2D eigenvalue weighted by atomic mass is 9.33. The smallest absolute Gasteiger partial charge is 0.163 e. The quantitative estimate of drug-likeness (QED) is 0.116. The fourth-order valence-electron chi connectivity index (χ4n) is 15.7. The van der Waals surface area contributed by atoms with E-state index in [2.05, 4.69) is 95.4 Å². The van der Waals surface area contributed by atoms with Crippen LogP contribution in [-0.2, 0) is 32.0 Å². The summed E-state index contributed by atoms with van der Waals surface area (Å²) < 4.78 is 14.0. The molecule has 11 unspecified atom stereocenters. The van der Waals surface area contributed by atoms with Crippen molar-refractivity contribution in [3.05, 3.63) is 70.1 Å². The Bertz CT molecular complexity index is 2270. The van der Waals surface area contributed by atoms with Crippen LogP contribution in [0, 0.1) is 58.2 Å². The number of aliphatic hydroxyl groups is 2. The molecule has 1 aromatic carbocycles. The zero-order chi connectivity index (χ0) is 45.0. The Labute approximate surface area is 377 Å². The minimum Gasteiger partial charge on any atom is -0.392 e. The molecule has 0 spiro atoms. The highest BCUT2D eigenvalue weighted by atomic mass is 16.6. The summed E-state index contributed by atoms with van der Waals surface area (Å²) in [6.07, 6.45) is 13.1. The molecule has 8 heteroatoms. The molecule has 5 fully saturated rings. The number of benzene rings is 1. The Kier molecular flexibility index (Phi) is 11.5. The van der Waals surface area contributed by atoms with Gasteiger partial charge in [-0.2, -0.15) is 0 Å². The second kappa shape index (κ2) is 16.1. The van der Waals surface area contributed by atoms with Crippen LogP contribution in [0.3, 0.4) is 0 Å². The fraction of sp³-hybridized carbons (Fsp3) is 0.709. The number of H-pyrrole nitrogens is 1. The van der Waals surface area contributed by atoms with E-state index in [1.807, 2.05) is 20.0 Å². The van der Waals surface area contributed by atoms with Gasteiger partial charge in [-0.05, 0) is 134 Å². The van der Waals surface area contributed by atoms with Gasteiger partial charge in [0.05, 0.1) is 28.8 Å². The number of allylic oxidation sites excluding steroid dienone is 1. The van der Waals surface area contributed by atoms with Gasteiger partial charge in [-0.25, -0.2) is 0 Å². The Morgan fingerprint density at radius 3 is 2.41 bits per heavy atom. The van der Waals surface area contributed by atoms with Gasteiger partial charge in [-0.3, -0.25) is 9.59 Å². The molecule has 4 heterocycles. The highest BCUT2D eigenvalue weighted by Crippen LogP contribution is 2.76. The number of aromatic amines is 1. The summed E-state index contributed by atoms with van der Waals surface area (Å²) in [5, 5.41) is 25.3. The molecule has 3 aromatic rings. The van der Waals surface area contributed by atoms with Gasteiger partial charge in [-0.1, -0.05) is 91.5 Å². The Morgan fingerprint density at radius 2 is 1.71 bits per heavy atom. The summed E-state index contributed by atoms with van der Waals surface area (Å²) in [5.74, 6) is 0.404. The van der Waals surface area contributed by atoms with Crippen molar-refractivity contribution in [2.75, 3.05) is 13.2 Å². The molecule has 2 aromatic heterocycles. The van der Waals surface area contributed by atoms with Crippen molar-refractivity contribution < 1.29 is 29.3 Å². The first-order valence-electron chi connectivity index (χ1n) is 25.0. The maximum Gasteiger partial charge on any atom is 0.163 e. The monoisotopic (exact) mass is 863 g/mol. The zero-order valence-corrected chi connectivity index (χ0v) is 40.2. The van der Waals surface area contributed by atoms with E-state index in [9.17, 15) is 15.0 Å². The van der Waals surface area contributed by atoms with Gasteiger partial charge in [0, 0.05) is 67.7 Å². The number of nitrogens with zero attached hydrogens (tertiary/aromatic N) is 1. The van der Waals surface area contributed by atoms with Crippen LogP contribution in [0.1, 0.15) is 161 Å². The summed E-state index contributed by atoms with van der Waals surface area (Å²) in [5.41, 5.74) is 7.45. The van der Waals surface area contributed by atoms with Crippen molar-refractivity contribution in [2.45, 2.75) is 183 Å². The van der Waals surface area contributed by atoms with Gasteiger partial charge >= 0.3 is 0 Å². The molecule has 0 amide bonds. The standard InChI is InChI=1S/C55H78N2O6/c1-11-12-13-14-39-48(61)44(33(3)27-41(58)50-52(6,7)63-50)45-38(47(60)49-53(8)20-16-43(59)51(4,5)42(53)15-21-54(49,9)55(39,45)10)31-57-30-37(46-40(57)17-22-56-46)29-34-25-32(2)26-36(28-34)35-18-23-62-24-19-35/h17,22,25-26,28,30,33,35,38-39,41-42,47,49-50,56,58,60H,11-16,18-21,23-24,27,29,31H2,1-10H3. The van der Waals surface area contributed by atoms with Crippen molar-refractivity contribution in [3.8, 4) is 0 Å². The number of Topliss-reactive ketones (excluding diaryl/α,β-unsaturated/α-hetero) is 2. The van der Waals surface area contributed by atoms with Crippen LogP contribution >= 0.6 is 0 Å². The summed E-state index contributed by atoms with van der Waals surface area (Å²) in [4.78, 5) is 33.0. The third-order valence-corrected chi connectivity index (χ3v) is 19.0. The topological polar surface area (TPSA) is 117 Å². The van der Waals surface area contributed by atoms with E-state index in [0.29, 0.717) is 31.1 Å². The highest BCUT2D eigenvalue weighted by Gasteiger charge is 2.74. The van der Waals surface area contributed by atoms with E-state index < -0.39 is 23.0 Å². The number of carbonyl (C=O) groups is 2. The number of ether oxygens (including phenoxy) is 2. The van der Waals surface area contributed by atoms with E-state index in [4.69, 9.17) is 9.47 Å². The third kappa shape index (κ3) is 7.12. The first kappa shape index (κ1) is 45.1. The minimum absolute atomic E-state index is 0.107. The molecule has 344 valence electrons. The number of epoxide rings is 1. The Hall–Kier alpha value is -3.04. The van der Waals surface area contributed by atoms with Crippen molar-refractivity contribution >= 4 is 22.6 Å². The van der Waals surface area contributed by atoms with Gasteiger partial charge in [0.25, 0.3) is 0 Å². The normalized spacial score (nSPS) is 36.0. The predicted octanol–water partition coefficient (Wildman–Crippen LogP) is 10.8. The molecule has 9 rings (SSSR count). The number of aryl methyl sites for hydroxylation is 1. The van der Waals surface area contributed by atoms with E-state index in [0.717, 1.165) is 99.6 Å². The van der Waals surface area contributed by atoms with Crippen molar-refractivity contribution in [2.24, 2.45) is 51.2 Å². The summed E-state index contributed by atoms with van der Waals surface area (Å²) >= 11 is 0. The summed E-state index contributed by atoms with van der Waals surface area (Å²) in [6.45, 7) is 24.4. The molecule has 0 bridgehead atoms. The van der Waals surface area contributed by atoms with Crippen LogP contribution in [0.2, 0.25) is 0 Å². The number of unbranched alkanes of at least 4 members (excludes halogenated alkanes) is 2. The average Bonchev–Trinajstić information content (AvgIpc) is 3.48. The van der Waals surface area contributed by atoms with Crippen LogP contribution in [0.25, 0.3) is 11.0 Å². The Morgan fingerprint density at radius 1 is 0.984 bits per heavy atom. The van der Waals surface area contributed by atoms with Crippen LogP contribution < -0.4 is 0 Å². The predicted molar refractivity (Wildman–Crippen MR) is 250 cm³/mol. The van der Waals surface area contributed by atoms with E-state index >= 15 is 4.79 Å². The molecule has 2 aliphatic heterocycles. The molecule has 63 heavy (non-hydrogen) atoms. The summed E-state index contributed by atoms with van der Waals surface area (Å²) in [7, 11) is 0. The Balaban J connectivity index is 1.17. The molecular formula is C55H78N2O6. The second-order valence-corrected chi connectivity index (χ2v) is 23.4. The number of nitrogens with one attached hydrogen (secondary N) is 1.